The molecule has 0 radical (unpaired) electrons. The van der Waals surface area contributed by atoms with Crippen LogP contribution in [-0.4, -0.2) is 31.9 Å². The van der Waals surface area contributed by atoms with E-state index in [4.69, 9.17) is 20.0 Å². The first kappa shape index (κ1) is 23.5. The molecular formula is C22H18Br2N10S2. The standard InChI is InChI=1S/C22H18Br2N10S2/c1-11-15(23)35-19(27-11)29-17-31-21(13-7-3-5-9-25-13)22(32-17,14-8-4-6-10-26-14)34-18(33-21)30-20-28-12(2)16(24)36-20/h3-10H,1-2H3,(H2,27,29,31,32)(H2,28,30,33,34). The molecule has 0 amide bonds. The number of aryl methyl sites for hydroxylation is 2. The monoisotopic (exact) mass is 644 g/mol. The molecule has 2 saturated heterocycles. The SMILES string of the molecule is Cc1nc(N=C2NC3(c4ccccn4)NC(=Nc4nc(C)c(Br)s4)NC3(c3ccccn3)N2)sc1Br. The molecule has 0 bridgehead atoms. The summed E-state index contributed by atoms with van der Waals surface area (Å²) >= 11 is 9.98. The number of rotatable bonds is 4. The van der Waals surface area contributed by atoms with Crippen LogP contribution >= 0.6 is 54.5 Å². The highest BCUT2D eigenvalue weighted by atomic mass is 79.9. The van der Waals surface area contributed by atoms with Gasteiger partial charge in [0.15, 0.2) is 0 Å². The van der Waals surface area contributed by atoms with Gasteiger partial charge in [0.2, 0.25) is 33.5 Å². The zero-order chi connectivity index (χ0) is 24.9. The maximum absolute atomic E-state index is 4.77. The maximum Gasteiger partial charge on any atom is 0.213 e. The fraction of sp³-hybridized carbons (Fsp3) is 0.182. The molecule has 2 aliphatic heterocycles. The third-order valence-electron chi connectivity index (χ3n) is 5.76. The molecule has 0 aliphatic carbocycles. The summed E-state index contributed by atoms with van der Waals surface area (Å²) < 4.78 is 1.88. The minimum atomic E-state index is -1.02. The Morgan fingerprint density at radius 1 is 0.694 bits per heavy atom. The quantitative estimate of drug-likeness (QED) is 0.259. The Kier molecular flexibility index (Phi) is 5.78. The molecule has 4 aromatic rings. The predicted octanol–water partition coefficient (Wildman–Crippen LogP) is 4.30. The van der Waals surface area contributed by atoms with Crippen molar-refractivity contribution >= 4 is 76.7 Å². The van der Waals surface area contributed by atoms with E-state index in [0.717, 1.165) is 30.3 Å². The molecule has 4 N–H and O–H groups in total. The van der Waals surface area contributed by atoms with E-state index < -0.39 is 11.3 Å². The fourth-order valence-electron chi connectivity index (χ4n) is 4.15. The fourth-order valence-corrected chi connectivity index (χ4v) is 6.54. The number of hydrogen-bond acceptors (Lipinski definition) is 8. The van der Waals surface area contributed by atoms with Crippen molar-refractivity contribution in [3.63, 3.8) is 0 Å². The van der Waals surface area contributed by atoms with Gasteiger partial charge in [0.1, 0.15) is 0 Å². The Bertz CT molecular complexity index is 1330. The Morgan fingerprint density at radius 2 is 1.11 bits per heavy atom. The minimum Gasteiger partial charge on any atom is -0.324 e. The van der Waals surface area contributed by atoms with Gasteiger partial charge in [-0.25, -0.2) is 9.97 Å². The molecular weight excluding hydrogens is 628 g/mol. The number of thiazole rings is 2. The summed E-state index contributed by atoms with van der Waals surface area (Å²) in [5, 5.41) is 15.4. The van der Waals surface area contributed by atoms with E-state index in [-0.39, 0.29) is 0 Å². The summed E-state index contributed by atoms with van der Waals surface area (Å²) in [6.07, 6.45) is 3.51. The van der Waals surface area contributed by atoms with Crippen molar-refractivity contribution in [1.82, 2.24) is 41.2 Å². The molecule has 0 aromatic carbocycles. The van der Waals surface area contributed by atoms with Crippen molar-refractivity contribution in [3.8, 4) is 0 Å². The van der Waals surface area contributed by atoms with Crippen molar-refractivity contribution in [2.45, 2.75) is 25.2 Å². The van der Waals surface area contributed by atoms with Crippen LogP contribution in [-0.2, 0) is 11.3 Å². The lowest BCUT2D eigenvalue weighted by Crippen LogP contribution is -2.61. The molecule has 4 aromatic heterocycles. The second kappa shape index (κ2) is 8.87. The summed E-state index contributed by atoms with van der Waals surface area (Å²) in [5.74, 6) is 1.03. The number of aromatic nitrogens is 4. The minimum absolute atomic E-state index is 0.513. The first-order valence-corrected chi connectivity index (χ1v) is 14.0. The van der Waals surface area contributed by atoms with Gasteiger partial charge in [-0.05, 0) is 70.0 Å². The van der Waals surface area contributed by atoms with Crippen molar-refractivity contribution in [2.75, 3.05) is 0 Å². The molecule has 6 heterocycles. The molecule has 36 heavy (non-hydrogen) atoms. The van der Waals surface area contributed by atoms with Gasteiger partial charge in [0.25, 0.3) is 0 Å². The van der Waals surface area contributed by atoms with Gasteiger partial charge < -0.3 is 21.3 Å². The number of fused-ring (bicyclic) bond motifs is 1. The van der Waals surface area contributed by atoms with Crippen LogP contribution in [0, 0.1) is 13.8 Å². The highest BCUT2D eigenvalue weighted by Gasteiger charge is 2.67. The van der Waals surface area contributed by atoms with Crippen LogP contribution in [0.1, 0.15) is 22.8 Å². The van der Waals surface area contributed by atoms with Crippen LogP contribution in [0.5, 0.6) is 0 Å². The highest BCUT2D eigenvalue weighted by Crippen LogP contribution is 2.43. The van der Waals surface area contributed by atoms with Crippen molar-refractivity contribution in [3.05, 3.63) is 79.1 Å². The van der Waals surface area contributed by atoms with Crippen molar-refractivity contribution in [2.24, 2.45) is 9.98 Å². The average molecular weight is 646 g/mol. The van der Waals surface area contributed by atoms with Crippen LogP contribution in [0.25, 0.3) is 0 Å². The molecule has 6 rings (SSSR count). The van der Waals surface area contributed by atoms with Gasteiger partial charge >= 0.3 is 0 Å². The Balaban J connectivity index is 1.52. The Labute approximate surface area is 231 Å². The zero-order valence-electron chi connectivity index (χ0n) is 18.9. The number of guanidine groups is 2. The van der Waals surface area contributed by atoms with Gasteiger partial charge in [-0.1, -0.05) is 34.8 Å². The van der Waals surface area contributed by atoms with Crippen LogP contribution in [0.2, 0.25) is 0 Å². The van der Waals surface area contributed by atoms with Gasteiger partial charge in [0.05, 0.1) is 30.3 Å². The maximum atomic E-state index is 4.77. The number of aliphatic imine (C=N–C) groups is 2. The third kappa shape index (κ3) is 3.79. The summed E-state index contributed by atoms with van der Waals surface area (Å²) in [6, 6.07) is 11.5. The molecule has 2 fully saturated rings. The lowest BCUT2D eigenvalue weighted by molar-refractivity contribution is 0.197. The number of nitrogens with zero attached hydrogens (tertiary/aromatic N) is 6. The van der Waals surface area contributed by atoms with E-state index in [1.807, 2.05) is 50.2 Å². The van der Waals surface area contributed by atoms with Crippen LogP contribution < -0.4 is 21.3 Å². The van der Waals surface area contributed by atoms with Gasteiger partial charge in [0, 0.05) is 12.4 Å². The molecule has 10 nitrogen and oxygen atoms in total. The van der Waals surface area contributed by atoms with E-state index >= 15 is 0 Å². The van der Waals surface area contributed by atoms with E-state index in [0.29, 0.717) is 22.2 Å². The highest BCUT2D eigenvalue weighted by molar-refractivity contribution is 9.11. The zero-order valence-corrected chi connectivity index (χ0v) is 23.7. The smallest absolute Gasteiger partial charge is 0.213 e. The molecule has 0 unspecified atom stereocenters. The van der Waals surface area contributed by atoms with E-state index in [1.165, 1.54) is 22.7 Å². The lowest BCUT2D eigenvalue weighted by atomic mass is 9.88. The molecule has 2 aliphatic rings. The van der Waals surface area contributed by atoms with Gasteiger partial charge in [-0.2, -0.15) is 9.98 Å². The van der Waals surface area contributed by atoms with E-state index in [9.17, 15) is 0 Å². The van der Waals surface area contributed by atoms with Gasteiger partial charge in [-0.15, -0.1) is 0 Å². The second-order valence-corrected chi connectivity index (χ2v) is 12.7. The third-order valence-corrected chi connectivity index (χ3v) is 9.56. The van der Waals surface area contributed by atoms with Crippen LogP contribution in [0.3, 0.4) is 0 Å². The van der Waals surface area contributed by atoms with Crippen molar-refractivity contribution < 1.29 is 0 Å². The molecule has 182 valence electrons. The summed E-state index contributed by atoms with van der Waals surface area (Å²) in [4.78, 5) is 28.0. The topological polar surface area (TPSA) is 124 Å². The predicted molar refractivity (Wildman–Crippen MR) is 148 cm³/mol. The lowest BCUT2D eigenvalue weighted by Gasteiger charge is -2.36. The van der Waals surface area contributed by atoms with E-state index in [2.05, 4.69) is 63.1 Å². The number of pyridine rings is 2. The van der Waals surface area contributed by atoms with Crippen LogP contribution in [0.15, 0.2) is 66.3 Å². The normalized spacial score (nSPS) is 22.3. The van der Waals surface area contributed by atoms with E-state index in [1.54, 1.807) is 12.4 Å². The number of halogens is 2. The molecule has 14 heteroatoms. The molecule has 0 atom stereocenters. The number of hydrogen-bond donors (Lipinski definition) is 4. The second-order valence-electron chi connectivity index (χ2n) is 8.06. The number of nitrogens with one attached hydrogen (secondary N) is 4. The Hall–Kier alpha value is -2.94. The van der Waals surface area contributed by atoms with Crippen molar-refractivity contribution in [1.29, 1.82) is 0 Å². The first-order chi connectivity index (χ1) is 17.4. The first-order valence-electron chi connectivity index (χ1n) is 10.8. The molecule has 0 saturated carbocycles. The largest absolute Gasteiger partial charge is 0.324 e. The average Bonchev–Trinajstić information content (AvgIpc) is 3.55. The summed E-state index contributed by atoms with van der Waals surface area (Å²) in [7, 11) is 0. The molecule has 0 spiro atoms. The van der Waals surface area contributed by atoms with Crippen LogP contribution in [0.4, 0.5) is 10.3 Å². The summed E-state index contributed by atoms with van der Waals surface area (Å²) in [6.45, 7) is 3.87. The Morgan fingerprint density at radius 3 is 1.42 bits per heavy atom. The van der Waals surface area contributed by atoms with Gasteiger partial charge in [-0.3, -0.25) is 9.97 Å². The summed E-state index contributed by atoms with van der Waals surface area (Å²) in [5.41, 5.74) is 1.16.